The highest BCUT2D eigenvalue weighted by atomic mass is 32.2. The number of hydrogen-bond acceptors (Lipinski definition) is 5. The van der Waals surface area contributed by atoms with Gasteiger partial charge in [0.1, 0.15) is 6.54 Å². The summed E-state index contributed by atoms with van der Waals surface area (Å²) >= 11 is 0. The third-order valence-electron chi connectivity index (χ3n) is 5.00. The number of aryl methyl sites for hydroxylation is 1. The molecule has 3 aromatic rings. The summed E-state index contributed by atoms with van der Waals surface area (Å²) in [7, 11) is -3.84. The Morgan fingerprint density at radius 1 is 0.966 bits per heavy atom. The number of rotatable bonds is 6. The van der Waals surface area contributed by atoms with Gasteiger partial charge in [-0.3, -0.25) is 13.9 Å². The first-order chi connectivity index (χ1) is 13.9. The van der Waals surface area contributed by atoms with Gasteiger partial charge in [-0.15, -0.1) is 0 Å². The van der Waals surface area contributed by atoms with Crippen LogP contribution in [0.3, 0.4) is 0 Å². The van der Waals surface area contributed by atoms with Crippen molar-refractivity contribution in [1.29, 1.82) is 0 Å². The molecule has 4 rings (SSSR count). The van der Waals surface area contributed by atoms with E-state index in [2.05, 4.69) is 0 Å². The quantitative estimate of drug-likeness (QED) is 0.461. The third kappa shape index (κ3) is 3.38. The number of carbonyl (C=O) groups excluding carboxylic acids is 2. The van der Waals surface area contributed by atoms with E-state index in [9.17, 15) is 18.0 Å². The van der Waals surface area contributed by atoms with E-state index in [1.165, 1.54) is 6.07 Å². The van der Waals surface area contributed by atoms with Gasteiger partial charge < -0.3 is 4.74 Å². The highest BCUT2D eigenvalue weighted by molar-refractivity contribution is 7.93. The van der Waals surface area contributed by atoms with Gasteiger partial charge in [-0.25, -0.2) is 8.42 Å². The number of nitrogens with zero attached hydrogens (tertiary/aromatic N) is 1. The van der Waals surface area contributed by atoms with E-state index >= 15 is 0 Å². The Kier molecular flexibility index (Phi) is 4.84. The summed E-state index contributed by atoms with van der Waals surface area (Å²) in [6.45, 7) is 1.09. The van der Waals surface area contributed by atoms with Crippen molar-refractivity contribution < 1.29 is 22.7 Å². The number of benzene rings is 3. The standard InChI is InChI=1S/C22H19NO5S/c1-2-15-9-11-16(12-10-15)19(24)14-28-21(25)13-23-18-7-3-5-17-6-4-8-20(22(17)18)29(23,26)27/h3-12H,2,13-14H2,1H3. The maximum atomic E-state index is 12.9. The Morgan fingerprint density at radius 3 is 2.34 bits per heavy atom. The number of Topliss-reactive ketones (excluding diaryl/α,β-unsaturated/α-hetero) is 1. The molecule has 1 heterocycles. The molecule has 0 atom stereocenters. The van der Waals surface area contributed by atoms with Crippen molar-refractivity contribution >= 4 is 38.2 Å². The molecule has 0 amide bonds. The zero-order valence-corrected chi connectivity index (χ0v) is 16.6. The van der Waals surface area contributed by atoms with E-state index in [1.54, 1.807) is 30.3 Å². The third-order valence-corrected chi connectivity index (χ3v) is 6.80. The van der Waals surface area contributed by atoms with Crippen molar-refractivity contribution in [2.75, 3.05) is 17.5 Å². The van der Waals surface area contributed by atoms with Crippen LogP contribution in [0, 0.1) is 0 Å². The molecule has 0 unspecified atom stereocenters. The fourth-order valence-electron chi connectivity index (χ4n) is 3.45. The molecule has 0 saturated carbocycles. The molecule has 3 aromatic carbocycles. The highest BCUT2D eigenvalue weighted by Gasteiger charge is 2.37. The number of sulfonamides is 1. The first-order valence-corrected chi connectivity index (χ1v) is 10.7. The maximum Gasteiger partial charge on any atom is 0.327 e. The van der Waals surface area contributed by atoms with Crippen molar-refractivity contribution in [2.45, 2.75) is 18.2 Å². The van der Waals surface area contributed by atoms with Gasteiger partial charge in [-0.05, 0) is 29.5 Å². The van der Waals surface area contributed by atoms with E-state index in [0.29, 0.717) is 16.6 Å². The lowest BCUT2D eigenvalue weighted by Gasteiger charge is -2.17. The molecule has 1 aliphatic heterocycles. The smallest absolute Gasteiger partial charge is 0.327 e. The maximum absolute atomic E-state index is 12.9. The van der Waals surface area contributed by atoms with E-state index in [1.807, 2.05) is 31.2 Å². The number of esters is 1. The molecule has 0 N–H and O–H groups in total. The first-order valence-electron chi connectivity index (χ1n) is 9.24. The molecule has 148 valence electrons. The van der Waals surface area contributed by atoms with Crippen molar-refractivity contribution in [3.8, 4) is 0 Å². The molecule has 0 spiro atoms. The molecule has 0 radical (unpaired) electrons. The minimum absolute atomic E-state index is 0.172. The van der Waals surface area contributed by atoms with Crippen LogP contribution in [0.1, 0.15) is 22.8 Å². The molecule has 0 bridgehead atoms. The fraction of sp³-hybridized carbons (Fsp3) is 0.182. The summed E-state index contributed by atoms with van der Waals surface area (Å²) in [5, 5.41) is 1.38. The van der Waals surface area contributed by atoms with Crippen molar-refractivity contribution in [2.24, 2.45) is 0 Å². The number of ketones is 1. The summed E-state index contributed by atoms with van der Waals surface area (Å²) in [5.74, 6) is -1.12. The first kappa shape index (κ1) is 19.1. The van der Waals surface area contributed by atoms with Crippen molar-refractivity contribution in [1.82, 2.24) is 0 Å². The normalized spacial score (nSPS) is 14.2. The summed E-state index contributed by atoms with van der Waals surface area (Å²) in [6.07, 6.45) is 0.864. The van der Waals surface area contributed by atoms with Crippen LogP contribution in [0.25, 0.3) is 10.8 Å². The van der Waals surface area contributed by atoms with Crippen LogP contribution in [0.15, 0.2) is 65.6 Å². The Labute approximate surface area is 168 Å². The van der Waals surface area contributed by atoms with Gasteiger partial charge in [0.2, 0.25) is 0 Å². The molecular weight excluding hydrogens is 390 g/mol. The molecule has 0 aliphatic carbocycles. The predicted molar refractivity (Wildman–Crippen MR) is 110 cm³/mol. The van der Waals surface area contributed by atoms with Gasteiger partial charge in [0, 0.05) is 10.9 Å². The van der Waals surface area contributed by atoms with Gasteiger partial charge in [0.05, 0.1) is 10.6 Å². The lowest BCUT2D eigenvalue weighted by Crippen LogP contribution is -2.34. The largest absolute Gasteiger partial charge is 0.456 e. The molecule has 1 aliphatic rings. The average Bonchev–Trinajstić information content (AvgIpc) is 2.95. The molecule has 7 heteroatoms. The van der Waals surface area contributed by atoms with E-state index in [-0.39, 0.29) is 10.7 Å². The summed E-state index contributed by atoms with van der Waals surface area (Å²) in [6, 6.07) is 17.3. The van der Waals surface area contributed by atoms with Gasteiger partial charge in [-0.1, -0.05) is 55.5 Å². The number of carbonyl (C=O) groups is 2. The van der Waals surface area contributed by atoms with Crippen molar-refractivity contribution in [3.05, 3.63) is 71.8 Å². The Bertz CT molecular complexity index is 1210. The molecule has 29 heavy (non-hydrogen) atoms. The second kappa shape index (κ2) is 7.33. The van der Waals surface area contributed by atoms with Gasteiger partial charge in [-0.2, -0.15) is 0 Å². The minimum Gasteiger partial charge on any atom is -0.456 e. The number of anilines is 1. The van der Waals surface area contributed by atoms with Crippen LogP contribution < -0.4 is 4.31 Å². The lowest BCUT2D eigenvalue weighted by molar-refractivity contribution is -0.140. The molecule has 0 fully saturated rings. The van der Waals surface area contributed by atoms with Crippen LogP contribution in [-0.2, 0) is 26.0 Å². The van der Waals surface area contributed by atoms with E-state index < -0.39 is 29.1 Å². The summed E-state index contributed by atoms with van der Waals surface area (Å²) < 4.78 is 31.8. The van der Waals surface area contributed by atoms with Gasteiger partial charge in [0.15, 0.2) is 12.4 Å². The van der Waals surface area contributed by atoms with E-state index in [0.717, 1.165) is 21.7 Å². The molecule has 6 nitrogen and oxygen atoms in total. The second-order valence-electron chi connectivity index (χ2n) is 6.78. The lowest BCUT2D eigenvalue weighted by atomic mass is 10.1. The minimum atomic E-state index is -3.84. The Hall–Kier alpha value is -3.19. The van der Waals surface area contributed by atoms with Crippen LogP contribution in [0.5, 0.6) is 0 Å². The Morgan fingerprint density at radius 2 is 1.66 bits per heavy atom. The van der Waals surface area contributed by atoms with Crippen LogP contribution in [0.4, 0.5) is 5.69 Å². The second-order valence-corrected chi connectivity index (χ2v) is 8.61. The van der Waals surface area contributed by atoms with Crippen LogP contribution in [-0.4, -0.2) is 33.3 Å². The average molecular weight is 409 g/mol. The van der Waals surface area contributed by atoms with Crippen LogP contribution >= 0.6 is 0 Å². The zero-order valence-electron chi connectivity index (χ0n) is 15.8. The van der Waals surface area contributed by atoms with E-state index in [4.69, 9.17) is 4.74 Å². The molecule has 0 saturated heterocycles. The van der Waals surface area contributed by atoms with Gasteiger partial charge >= 0.3 is 5.97 Å². The zero-order chi connectivity index (χ0) is 20.6. The van der Waals surface area contributed by atoms with Gasteiger partial charge in [0.25, 0.3) is 10.0 Å². The summed E-state index contributed by atoms with van der Waals surface area (Å²) in [4.78, 5) is 24.7. The summed E-state index contributed by atoms with van der Waals surface area (Å²) in [5.41, 5.74) is 1.99. The van der Waals surface area contributed by atoms with Crippen LogP contribution in [0.2, 0.25) is 0 Å². The predicted octanol–water partition coefficient (Wildman–Crippen LogP) is 3.34. The topological polar surface area (TPSA) is 80.8 Å². The monoisotopic (exact) mass is 409 g/mol. The molecule has 0 aromatic heterocycles. The highest BCUT2D eigenvalue weighted by Crippen LogP contribution is 2.41. The number of hydrogen-bond donors (Lipinski definition) is 0. The Balaban J connectivity index is 1.48. The van der Waals surface area contributed by atoms with Crippen molar-refractivity contribution in [3.63, 3.8) is 0 Å². The fourth-order valence-corrected chi connectivity index (χ4v) is 5.10. The SMILES string of the molecule is CCc1ccc(C(=O)COC(=O)CN2c3cccc4cccc(c34)S2(=O)=O)cc1. The molecular formula is C22H19NO5S. The number of ether oxygens (including phenoxy) is 1.